The minimum absolute atomic E-state index is 0.219. The van der Waals surface area contributed by atoms with Crippen molar-refractivity contribution >= 4 is 45.6 Å². The first-order valence-corrected chi connectivity index (χ1v) is 11.7. The average molecular weight is 483 g/mol. The first-order valence-electron chi connectivity index (χ1n) is 9.49. The number of methoxy groups -OCH3 is 1. The molecule has 7 nitrogen and oxygen atoms in total. The van der Waals surface area contributed by atoms with Crippen LogP contribution in [0.1, 0.15) is 5.89 Å². The van der Waals surface area contributed by atoms with E-state index in [0.717, 1.165) is 4.88 Å². The number of hydrogen-bond acceptors (Lipinski definition) is 8. The number of nitrogens with zero attached hydrogens (tertiary/aromatic N) is 4. The van der Waals surface area contributed by atoms with E-state index in [-0.39, 0.29) is 5.56 Å². The van der Waals surface area contributed by atoms with Crippen molar-refractivity contribution in [2.45, 2.75) is 10.9 Å². The van der Waals surface area contributed by atoms with Crippen molar-refractivity contribution in [1.82, 2.24) is 19.7 Å². The number of fused-ring (bicyclic) bond motifs is 1. The predicted molar refractivity (Wildman–Crippen MR) is 126 cm³/mol. The lowest BCUT2D eigenvalue weighted by Crippen LogP contribution is -2.22. The van der Waals surface area contributed by atoms with Crippen molar-refractivity contribution in [2.24, 2.45) is 0 Å². The fraction of sp³-hybridized carbons (Fsp3) is 0.0909. The lowest BCUT2D eigenvalue weighted by atomic mass is 10.2. The molecular weight excluding hydrogens is 468 g/mol. The lowest BCUT2D eigenvalue weighted by molar-refractivity contribution is 0.391. The maximum Gasteiger partial charge on any atom is 0.266 e. The van der Waals surface area contributed by atoms with E-state index in [9.17, 15) is 4.79 Å². The molecule has 0 N–H and O–H groups in total. The van der Waals surface area contributed by atoms with Gasteiger partial charge < -0.3 is 9.26 Å². The quantitative estimate of drug-likeness (QED) is 0.235. The number of halogens is 1. The van der Waals surface area contributed by atoms with Gasteiger partial charge in [0, 0.05) is 5.02 Å². The van der Waals surface area contributed by atoms with Crippen LogP contribution in [0.2, 0.25) is 5.02 Å². The molecule has 0 aliphatic heterocycles. The molecule has 3 aromatic heterocycles. The standard InChI is InChI=1S/C22H15ClN4O3S2/c1-29-17-6-3-2-5-16(17)27-21(28)14-9-8-13(23)11-15(14)24-22(27)32-12-19-25-20(26-30-19)18-7-4-10-31-18/h2-11H,12H2,1H3. The van der Waals surface area contributed by atoms with Crippen LogP contribution in [0.15, 0.2) is 74.5 Å². The number of para-hydroxylation sites is 2. The van der Waals surface area contributed by atoms with Crippen molar-refractivity contribution in [2.75, 3.05) is 7.11 Å². The molecule has 0 aliphatic carbocycles. The number of ether oxygens (including phenoxy) is 1. The van der Waals surface area contributed by atoms with Crippen molar-refractivity contribution in [1.29, 1.82) is 0 Å². The molecule has 0 fully saturated rings. The molecule has 5 rings (SSSR count). The zero-order chi connectivity index (χ0) is 22.1. The first-order chi connectivity index (χ1) is 15.6. The second kappa shape index (κ2) is 8.78. The Morgan fingerprint density at radius 1 is 1.16 bits per heavy atom. The third-order valence-electron chi connectivity index (χ3n) is 4.66. The number of benzene rings is 2. The van der Waals surface area contributed by atoms with Crippen molar-refractivity contribution in [3.63, 3.8) is 0 Å². The van der Waals surface area contributed by atoms with Gasteiger partial charge in [-0.25, -0.2) is 4.98 Å². The fourth-order valence-electron chi connectivity index (χ4n) is 3.21. The summed E-state index contributed by atoms with van der Waals surface area (Å²) >= 11 is 9.00. The van der Waals surface area contributed by atoms with Crippen LogP contribution in [0.3, 0.4) is 0 Å². The molecule has 0 saturated heterocycles. The number of rotatable bonds is 6. The highest BCUT2D eigenvalue weighted by Crippen LogP contribution is 2.30. The second-order valence-electron chi connectivity index (χ2n) is 6.65. The number of hydrogen-bond donors (Lipinski definition) is 0. The van der Waals surface area contributed by atoms with Crippen molar-refractivity contribution in [3.05, 3.63) is 81.2 Å². The molecule has 160 valence electrons. The Hall–Kier alpha value is -3.14. The summed E-state index contributed by atoms with van der Waals surface area (Å²) in [4.78, 5) is 23.6. The minimum atomic E-state index is -0.219. The first kappa shape index (κ1) is 20.7. The van der Waals surface area contributed by atoms with Crippen molar-refractivity contribution in [3.8, 4) is 22.1 Å². The normalized spacial score (nSPS) is 11.2. The Kier molecular flexibility index (Phi) is 5.69. The fourth-order valence-corrected chi connectivity index (χ4v) is 4.87. The van der Waals surface area contributed by atoms with E-state index in [1.807, 2.05) is 35.7 Å². The van der Waals surface area contributed by atoms with Crippen LogP contribution in [-0.2, 0) is 5.75 Å². The number of thiophene rings is 1. The van der Waals surface area contributed by atoms with Crippen LogP contribution in [0.25, 0.3) is 27.3 Å². The molecule has 0 bridgehead atoms. The molecule has 0 spiro atoms. The summed E-state index contributed by atoms with van der Waals surface area (Å²) in [6, 6.07) is 16.2. The Labute approximate surface area is 195 Å². The van der Waals surface area contributed by atoms with E-state index in [4.69, 9.17) is 25.8 Å². The molecule has 0 unspecified atom stereocenters. The zero-order valence-electron chi connectivity index (χ0n) is 16.7. The molecule has 0 atom stereocenters. The van der Waals surface area contributed by atoms with Crippen LogP contribution in [0.4, 0.5) is 0 Å². The summed E-state index contributed by atoms with van der Waals surface area (Å²) < 4.78 is 12.4. The van der Waals surface area contributed by atoms with Crippen molar-refractivity contribution < 1.29 is 9.26 Å². The van der Waals surface area contributed by atoms with Crippen LogP contribution in [0.5, 0.6) is 5.75 Å². The van der Waals surface area contributed by atoms with Gasteiger partial charge in [0.1, 0.15) is 5.75 Å². The Morgan fingerprint density at radius 2 is 2.03 bits per heavy atom. The van der Waals surface area contributed by atoms with E-state index in [1.54, 1.807) is 31.4 Å². The predicted octanol–water partition coefficient (Wildman–Crippen LogP) is 5.45. The summed E-state index contributed by atoms with van der Waals surface area (Å²) in [6.45, 7) is 0. The van der Waals surface area contributed by atoms with Gasteiger partial charge in [-0.3, -0.25) is 9.36 Å². The third-order valence-corrected chi connectivity index (χ3v) is 6.69. The molecule has 0 saturated carbocycles. The molecular formula is C22H15ClN4O3S2. The monoisotopic (exact) mass is 482 g/mol. The average Bonchev–Trinajstić information content (AvgIpc) is 3.49. The van der Waals surface area contributed by atoms with E-state index < -0.39 is 0 Å². The van der Waals surface area contributed by atoms with Gasteiger partial charge >= 0.3 is 0 Å². The van der Waals surface area contributed by atoms with E-state index >= 15 is 0 Å². The summed E-state index contributed by atoms with van der Waals surface area (Å²) in [5, 5.41) is 7.43. The molecule has 32 heavy (non-hydrogen) atoms. The van der Waals surface area contributed by atoms with Gasteiger partial charge in [0.05, 0.1) is 34.3 Å². The van der Waals surface area contributed by atoms with Crippen LogP contribution in [-0.4, -0.2) is 26.8 Å². The largest absolute Gasteiger partial charge is 0.495 e. The summed E-state index contributed by atoms with van der Waals surface area (Å²) in [6.07, 6.45) is 0. The second-order valence-corrected chi connectivity index (χ2v) is 8.97. The van der Waals surface area contributed by atoms with Gasteiger partial charge in [-0.05, 0) is 41.8 Å². The third kappa shape index (κ3) is 3.90. The molecule has 3 heterocycles. The molecule has 5 aromatic rings. The summed E-state index contributed by atoms with van der Waals surface area (Å²) in [7, 11) is 1.56. The Morgan fingerprint density at radius 3 is 2.84 bits per heavy atom. The van der Waals surface area contributed by atoms with Crippen LogP contribution in [0, 0.1) is 0 Å². The minimum Gasteiger partial charge on any atom is -0.495 e. The Bertz CT molecular complexity index is 1460. The molecule has 2 aromatic carbocycles. The summed E-state index contributed by atoms with van der Waals surface area (Å²) in [5.41, 5.74) is 0.890. The number of thioether (sulfide) groups is 1. The maximum absolute atomic E-state index is 13.5. The van der Waals surface area contributed by atoms with Gasteiger partial charge in [0.25, 0.3) is 5.56 Å². The molecule has 0 amide bonds. The maximum atomic E-state index is 13.5. The Balaban J connectivity index is 1.58. The SMILES string of the molecule is COc1ccccc1-n1c(SCc2nc(-c3cccs3)no2)nc2cc(Cl)ccc2c1=O. The van der Waals surface area contributed by atoms with Crippen LogP contribution < -0.4 is 10.3 Å². The highest BCUT2D eigenvalue weighted by molar-refractivity contribution is 7.98. The summed E-state index contributed by atoms with van der Waals surface area (Å²) in [5.74, 6) is 1.87. The van der Waals surface area contributed by atoms with Gasteiger partial charge in [-0.1, -0.05) is 46.7 Å². The van der Waals surface area contributed by atoms with E-state index in [0.29, 0.717) is 50.0 Å². The van der Waals surface area contributed by atoms with Gasteiger partial charge in [0.2, 0.25) is 11.7 Å². The molecule has 10 heteroatoms. The lowest BCUT2D eigenvalue weighted by Gasteiger charge is -2.15. The van der Waals surface area contributed by atoms with Gasteiger partial charge in [0.15, 0.2) is 5.16 Å². The highest BCUT2D eigenvalue weighted by atomic mass is 35.5. The number of aromatic nitrogens is 4. The highest BCUT2D eigenvalue weighted by Gasteiger charge is 2.18. The smallest absolute Gasteiger partial charge is 0.266 e. The van der Waals surface area contributed by atoms with Crippen LogP contribution >= 0.6 is 34.7 Å². The topological polar surface area (TPSA) is 83.0 Å². The zero-order valence-corrected chi connectivity index (χ0v) is 19.1. The van der Waals surface area contributed by atoms with E-state index in [1.165, 1.54) is 27.7 Å². The van der Waals surface area contributed by atoms with E-state index in [2.05, 4.69) is 10.1 Å². The van der Waals surface area contributed by atoms with Gasteiger partial charge in [-0.2, -0.15) is 4.98 Å². The molecule has 0 radical (unpaired) electrons. The molecule has 0 aliphatic rings. The van der Waals surface area contributed by atoms with Gasteiger partial charge in [-0.15, -0.1) is 11.3 Å².